The molecular formula is C14H17BrFNO4. The molecule has 0 saturated carbocycles. The molecule has 0 radical (unpaired) electrons. The van der Waals surface area contributed by atoms with Crippen molar-refractivity contribution in [2.75, 3.05) is 26.4 Å². The standard InChI is InChI=1S/C14H17BrFNO4/c1-9-7-20-11(6-18)5-17(9)14(19)8-21-13-3-2-10(16)4-12(13)15/h2-4,9,11,18H,5-8H2,1H3. The minimum atomic E-state index is -0.381. The molecule has 2 unspecified atom stereocenters. The number of ether oxygens (including phenoxy) is 2. The minimum Gasteiger partial charge on any atom is -0.483 e. The number of morpholine rings is 1. The summed E-state index contributed by atoms with van der Waals surface area (Å²) < 4.78 is 24.2. The fourth-order valence-corrected chi connectivity index (χ4v) is 2.56. The van der Waals surface area contributed by atoms with Gasteiger partial charge in [0.05, 0.1) is 29.8 Å². The number of aliphatic hydroxyl groups is 1. The highest BCUT2D eigenvalue weighted by Crippen LogP contribution is 2.25. The third kappa shape index (κ3) is 4.15. The maximum Gasteiger partial charge on any atom is 0.260 e. The van der Waals surface area contributed by atoms with Crippen molar-refractivity contribution < 1.29 is 23.8 Å². The highest BCUT2D eigenvalue weighted by molar-refractivity contribution is 9.10. The molecule has 1 aliphatic heterocycles. The molecule has 1 aromatic rings. The average molecular weight is 362 g/mol. The van der Waals surface area contributed by atoms with E-state index in [1.165, 1.54) is 18.2 Å². The quantitative estimate of drug-likeness (QED) is 0.884. The summed E-state index contributed by atoms with van der Waals surface area (Å²) in [7, 11) is 0. The molecule has 1 aliphatic rings. The second-order valence-electron chi connectivity index (χ2n) is 4.90. The molecule has 116 valence electrons. The van der Waals surface area contributed by atoms with Gasteiger partial charge in [-0.15, -0.1) is 0 Å². The van der Waals surface area contributed by atoms with Crippen LogP contribution in [0.5, 0.6) is 5.75 Å². The van der Waals surface area contributed by atoms with E-state index in [4.69, 9.17) is 14.6 Å². The molecule has 1 aromatic carbocycles. The first-order valence-electron chi connectivity index (χ1n) is 6.61. The Bertz CT molecular complexity index is 514. The first kappa shape index (κ1) is 16.2. The Morgan fingerprint density at radius 1 is 1.62 bits per heavy atom. The molecule has 1 amide bonds. The Morgan fingerprint density at radius 2 is 2.38 bits per heavy atom. The fourth-order valence-electron chi connectivity index (χ4n) is 2.09. The Kier molecular flexibility index (Phi) is 5.55. The molecule has 1 N–H and O–H groups in total. The summed E-state index contributed by atoms with van der Waals surface area (Å²) in [6, 6.07) is 3.94. The van der Waals surface area contributed by atoms with Gasteiger partial charge >= 0.3 is 0 Å². The second-order valence-corrected chi connectivity index (χ2v) is 5.75. The van der Waals surface area contributed by atoms with E-state index >= 15 is 0 Å². The summed E-state index contributed by atoms with van der Waals surface area (Å²) in [4.78, 5) is 13.8. The Morgan fingerprint density at radius 3 is 3.05 bits per heavy atom. The van der Waals surface area contributed by atoms with Crippen molar-refractivity contribution in [3.05, 3.63) is 28.5 Å². The number of halogens is 2. The molecule has 0 bridgehead atoms. The molecule has 2 atom stereocenters. The number of hydrogen-bond donors (Lipinski definition) is 1. The lowest BCUT2D eigenvalue weighted by molar-refractivity contribution is -0.148. The first-order valence-corrected chi connectivity index (χ1v) is 7.40. The van der Waals surface area contributed by atoms with Crippen LogP contribution in [0.1, 0.15) is 6.92 Å². The number of aliphatic hydroxyl groups excluding tert-OH is 1. The van der Waals surface area contributed by atoms with Gasteiger partial charge in [-0.25, -0.2) is 4.39 Å². The predicted molar refractivity (Wildman–Crippen MR) is 77.6 cm³/mol. The lowest BCUT2D eigenvalue weighted by atomic mass is 10.2. The Balaban J connectivity index is 1.94. The first-order chi connectivity index (χ1) is 10.0. The molecular weight excluding hydrogens is 345 g/mol. The number of hydrogen-bond acceptors (Lipinski definition) is 4. The number of benzene rings is 1. The summed E-state index contributed by atoms with van der Waals surface area (Å²) in [5.41, 5.74) is 0. The Hall–Kier alpha value is -1.18. The van der Waals surface area contributed by atoms with Gasteiger partial charge in [0.1, 0.15) is 11.6 Å². The van der Waals surface area contributed by atoms with Crippen molar-refractivity contribution >= 4 is 21.8 Å². The highest BCUT2D eigenvalue weighted by atomic mass is 79.9. The highest BCUT2D eigenvalue weighted by Gasteiger charge is 2.29. The molecule has 0 aliphatic carbocycles. The van der Waals surface area contributed by atoms with E-state index in [0.717, 1.165) is 0 Å². The Labute approximate surface area is 130 Å². The van der Waals surface area contributed by atoms with E-state index in [1.54, 1.807) is 4.90 Å². The largest absolute Gasteiger partial charge is 0.483 e. The maximum absolute atomic E-state index is 13.0. The lowest BCUT2D eigenvalue weighted by Crippen LogP contribution is -2.53. The molecule has 0 aromatic heterocycles. The molecule has 1 fully saturated rings. The average Bonchev–Trinajstić information content (AvgIpc) is 2.46. The molecule has 1 saturated heterocycles. The topological polar surface area (TPSA) is 59.0 Å². The van der Waals surface area contributed by atoms with E-state index in [1.807, 2.05) is 6.92 Å². The zero-order chi connectivity index (χ0) is 15.4. The van der Waals surface area contributed by atoms with Gasteiger partial charge in [-0.2, -0.15) is 0 Å². The van der Waals surface area contributed by atoms with Crippen molar-refractivity contribution in [1.29, 1.82) is 0 Å². The molecule has 5 nitrogen and oxygen atoms in total. The number of carbonyl (C=O) groups excluding carboxylic acids is 1. The van der Waals surface area contributed by atoms with Crippen LogP contribution in [0.3, 0.4) is 0 Å². The number of carbonyl (C=O) groups is 1. The summed E-state index contributed by atoms with van der Waals surface area (Å²) in [5, 5.41) is 9.11. The van der Waals surface area contributed by atoms with Crippen LogP contribution < -0.4 is 4.74 Å². The third-order valence-corrected chi connectivity index (χ3v) is 3.89. The monoisotopic (exact) mass is 361 g/mol. The third-order valence-electron chi connectivity index (χ3n) is 3.27. The molecule has 0 spiro atoms. The summed E-state index contributed by atoms with van der Waals surface area (Å²) in [6.45, 7) is 2.33. The predicted octanol–water partition coefficient (Wildman–Crippen LogP) is 1.58. The SMILES string of the molecule is CC1COC(CO)CN1C(=O)COc1ccc(F)cc1Br. The van der Waals surface area contributed by atoms with Crippen molar-refractivity contribution in [2.45, 2.75) is 19.1 Å². The van der Waals surface area contributed by atoms with Gasteiger partial charge in [-0.1, -0.05) is 0 Å². The fraction of sp³-hybridized carbons (Fsp3) is 0.500. The van der Waals surface area contributed by atoms with Crippen molar-refractivity contribution in [3.63, 3.8) is 0 Å². The van der Waals surface area contributed by atoms with E-state index in [-0.39, 0.29) is 37.1 Å². The molecule has 21 heavy (non-hydrogen) atoms. The van der Waals surface area contributed by atoms with Gasteiger partial charge in [0.15, 0.2) is 6.61 Å². The van der Waals surface area contributed by atoms with Gasteiger partial charge in [-0.3, -0.25) is 4.79 Å². The van der Waals surface area contributed by atoms with E-state index < -0.39 is 0 Å². The lowest BCUT2D eigenvalue weighted by Gasteiger charge is -2.37. The van der Waals surface area contributed by atoms with Gasteiger partial charge in [0.25, 0.3) is 5.91 Å². The number of amides is 1. The zero-order valence-electron chi connectivity index (χ0n) is 11.6. The zero-order valence-corrected chi connectivity index (χ0v) is 13.2. The molecule has 7 heteroatoms. The van der Waals surface area contributed by atoms with Crippen LogP contribution >= 0.6 is 15.9 Å². The molecule has 1 heterocycles. The van der Waals surface area contributed by atoms with Gasteiger partial charge in [0, 0.05) is 6.54 Å². The summed E-state index contributed by atoms with van der Waals surface area (Å²) in [6.07, 6.45) is -0.359. The van der Waals surface area contributed by atoms with E-state index in [2.05, 4.69) is 15.9 Å². The smallest absolute Gasteiger partial charge is 0.260 e. The normalized spacial score (nSPS) is 22.2. The number of rotatable bonds is 4. The van der Waals surface area contributed by atoms with Crippen LogP contribution in [0.15, 0.2) is 22.7 Å². The van der Waals surface area contributed by atoms with Crippen LogP contribution in [-0.2, 0) is 9.53 Å². The summed E-state index contributed by atoms with van der Waals surface area (Å²) >= 11 is 3.18. The van der Waals surface area contributed by atoms with Crippen LogP contribution in [0.4, 0.5) is 4.39 Å². The van der Waals surface area contributed by atoms with Gasteiger partial charge in [-0.05, 0) is 41.1 Å². The maximum atomic E-state index is 13.0. The van der Waals surface area contributed by atoms with Crippen LogP contribution in [0, 0.1) is 5.82 Å². The van der Waals surface area contributed by atoms with Crippen molar-refractivity contribution in [3.8, 4) is 5.75 Å². The van der Waals surface area contributed by atoms with Crippen molar-refractivity contribution in [2.24, 2.45) is 0 Å². The van der Waals surface area contributed by atoms with Crippen LogP contribution in [-0.4, -0.2) is 54.4 Å². The minimum absolute atomic E-state index is 0.0689. The second kappa shape index (κ2) is 7.20. The van der Waals surface area contributed by atoms with E-state index in [0.29, 0.717) is 23.4 Å². The van der Waals surface area contributed by atoms with Crippen LogP contribution in [0.2, 0.25) is 0 Å². The molecule has 2 rings (SSSR count). The summed E-state index contributed by atoms with van der Waals surface area (Å²) in [5.74, 6) is -0.169. The van der Waals surface area contributed by atoms with Crippen LogP contribution in [0.25, 0.3) is 0 Å². The van der Waals surface area contributed by atoms with Gasteiger partial charge < -0.3 is 19.5 Å². The van der Waals surface area contributed by atoms with Crippen molar-refractivity contribution in [1.82, 2.24) is 4.90 Å². The van der Waals surface area contributed by atoms with E-state index in [9.17, 15) is 9.18 Å². The van der Waals surface area contributed by atoms with Gasteiger partial charge in [0.2, 0.25) is 0 Å². The number of nitrogens with zero attached hydrogens (tertiary/aromatic N) is 1.